The number of hydrogen-bond donors (Lipinski definition) is 1. The molecule has 0 radical (unpaired) electrons. The van der Waals surface area contributed by atoms with Gasteiger partial charge in [0.25, 0.3) is 11.5 Å². The maximum atomic E-state index is 13.9. The van der Waals surface area contributed by atoms with Gasteiger partial charge in [-0.05, 0) is 18.9 Å². The van der Waals surface area contributed by atoms with Crippen LogP contribution in [-0.2, 0) is 18.4 Å². The molecule has 0 aliphatic carbocycles. The van der Waals surface area contributed by atoms with E-state index in [1.807, 2.05) is 24.3 Å². The maximum Gasteiger partial charge on any atom is 0.272 e. The number of nitrogens with zero attached hydrogens (tertiary/aromatic N) is 3. The van der Waals surface area contributed by atoms with E-state index in [1.54, 1.807) is 46.8 Å². The van der Waals surface area contributed by atoms with Gasteiger partial charge in [-0.1, -0.05) is 48.5 Å². The number of carbonyl (C=O) groups is 3. The number of hydrogen-bond acceptors (Lipinski definition) is 5. The molecular weight excluding hydrogens is 484 g/mol. The summed E-state index contributed by atoms with van der Waals surface area (Å²) in [5.74, 6) is -0.442. The number of para-hydroxylation sites is 1. The highest BCUT2D eigenvalue weighted by Crippen LogP contribution is 2.34. The predicted molar refractivity (Wildman–Crippen MR) is 145 cm³/mol. The van der Waals surface area contributed by atoms with Gasteiger partial charge in [-0.2, -0.15) is 0 Å². The molecule has 5 rings (SSSR count). The van der Waals surface area contributed by atoms with E-state index in [0.717, 1.165) is 18.2 Å². The number of nitrogens with one attached hydrogen (secondary N) is 1. The van der Waals surface area contributed by atoms with Crippen LogP contribution in [0.25, 0.3) is 21.8 Å². The zero-order chi connectivity index (χ0) is 27.0. The fourth-order valence-corrected chi connectivity index (χ4v) is 5.43. The van der Waals surface area contributed by atoms with Crippen LogP contribution in [0, 0.1) is 0 Å². The van der Waals surface area contributed by atoms with E-state index in [2.05, 4.69) is 5.32 Å². The first-order chi connectivity index (χ1) is 18.3. The second-order valence-electron chi connectivity index (χ2n) is 9.64. The average molecular weight is 515 g/mol. The maximum absolute atomic E-state index is 13.9. The Morgan fingerprint density at radius 1 is 1.05 bits per heavy atom. The van der Waals surface area contributed by atoms with E-state index in [-0.39, 0.29) is 47.0 Å². The van der Waals surface area contributed by atoms with Crippen molar-refractivity contribution in [3.05, 3.63) is 76.2 Å². The zero-order valence-corrected chi connectivity index (χ0v) is 21.7. The normalized spacial score (nSPS) is 15.6. The van der Waals surface area contributed by atoms with Gasteiger partial charge in [-0.3, -0.25) is 23.7 Å². The SMILES string of the molecule is COc1c(C(=O)NC2CCCN(C(C)=O)C2)n(C)c2c1c(=O)n(CC(=O)c1ccccc1)c1ccccc21. The van der Waals surface area contributed by atoms with E-state index in [0.29, 0.717) is 29.7 Å². The molecule has 38 heavy (non-hydrogen) atoms. The standard InChI is InChI=1S/C29H30N4O5/c1-18(34)32-15-9-12-20(16-32)30-28(36)26-27(38-3)24-25(31(26)2)21-13-7-8-14-22(21)33(29(24)37)17-23(35)19-10-5-4-6-11-19/h4-8,10-11,13-14,20H,9,12,15-17H2,1-3H3,(H,30,36). The van der Waals surface area contributed by atoms with Crippen LogP contribution in [0.3, 0.4) is 0 Å². The van der Waals surface area contributed by atoms with Gasteiger partial charge in [0.1, 0.15) is 5.39 Å². The monoisotopic (exact) mass is 514 g/mol. The fraction of sp³-hybridized carbons (Fsp3) is 0.310. The molecule has 0 bridgehead atoms. The van der Waals surface area contributed by atoms with Crippen LogP contribution in [-0.4, -0.2) is 57.9 Å². The van der Waals surface area contributed by atoms with Gasteiger partial charge in [-0.25, -0.2) is 0 Å². The van der Waals surface area contributed by atoms with Crippen molar-refractivity contribution < 1.29 is 19.1 Å². The number of amides is 2. The Hall–Kier alpha value is -4.40. The molecule has 0 saturated carbocycles. The van der Waals surface area contributed by atoms with Crippen molar-refractivity contribution in [2.24, 2.45) is 7.05 Å². The summed E-state index contributed by atoms with van der Waals surface area (Å²) < 4.78 is 8.81. The molecule has 1 N–H and O–H groups in total. The van der Waals surface area contributed by atoms with Crippen LogP contribution in [0.1, 0.15) is 40.6 Å². The second-order valence-corrected chi connectivity index (χ2v) is 9.64. The number of methoxy groups -OCH3 is 1. The number of likely N-dealkylation sites (tertiary alicyclic amines) is 1. The number of benzene rings is 2. The van der Waals surface area contributed by atoms with E-state index in [1.165, 1.54) is 18.6 Å². The molecule has 1 atom stereocenters. The van der Waals surface area contributed by atoms with Crippen molar-refractivity contribution in [2.75, 3.05) is 20.2 Å². The molecule has 3 heterocycles. The number of carbonyl (C=O) groups excluding carboxylic acids is 3. The summed E-state index contributed by atoms with van der Waals surface area (Å²) in [7, 11) is 3.16. The minimum Gasteiger partial charge on any atom is -0.493 e. The lowest BCUT2D eigenvalue weighted by atomic mass is 10.1. The highest BCUT2D eigenvalue weighted by molar-refractivity contribution is 6.12. The Kier molecular flexibility index (Phi) is 6.75. The van der Waals surface area contributed by atoms with Crippen molar-refractivity contribution in [3.63, 3.8) is 0 Å². The predicted octanol–water partition coefficient (Wildman–Crippen LogP) is 3.13. The third-order valence-electron chi connectivity index (χ3n) is 7.28. The molecule has 9 nitrogen and oxygen atoms in total. The smallest absolute Gasteiger partial charge is 0.272 e. The number of piperidine rings is 1. The van der Waals surface area contributed by atoms with E-state index in [9.17, 15) is 19.2 Å². The third-order valence-corrected chi connectivity index (χ3v) is 7.28. The quantitative estimate of drug-likeness (QED) is 0.399. The number of fused-ring (bicyclic) bond motifs is 3. The second kappa shape index (κ2) is 10.2. The lowest BCUT2D eigenvalue weighted by Gasteiger charge is -2.32. The molecule has 1 aliphatic heterocycles. The first-order valence-electron chi connectivity index (χ1n) is 12.6. The molecule has 2 aromatic heterocycles. The van der Waals surface area contributed by atoms with Crippen molar-refractivity contribution in [1.82, 2.24) is 19.4 Å². The Labute approximate surface area is 219 Å². The van der Waals surface area contributed by atoms with Crippen LogP contribution in [0.5, 0.6) is 5.75 Å². The van der Waals surface area contributed by atoms with Gasteiger partial charge in [0.05, 0.1) is 24.7 Å². The molecule has 2 amide bonds. The largest absolute Gasteiger partial charge is 0.493 e. The topological polar surface area (TPSA) is 103 Å². The molecule has 1 aliphatic rings. The van der Waals surface area contributed by atoms with Crippen LogP contribution in [0.15, 0.2) is 59.4 Å². The molecular formula is C29H30N4O5. The first kappa shape index (κ1) is 25.3. The molecule has 4 aromatic rings. The molecule has 2 aromatic carbocycles. The summed E-state index contributed by atoms with van der Waals surface area (Å²) in [4.78, 5) is 54.2. The molecule has 1 fully saturated rings. The highest BCUT2D eigenvalue weighted by Gasteiger charge is 2.30. The summed E-state index contributed by atoms with van der Waals surface area (Å²) >= 11 is 0. The lowest BCUT2D eigenvalue weighted by molar-refractivity contribution is -0.130. The third kappa shape index (κ3) is 4.34. The lowest BCUT2D eigenvalue weighted by Crippen LogP contribution is -2.49. The van der Waals surface area contributed by atoms with Crippen LogP contribution in [0.2, 0.25) is 0 Å². The summed E-state index contributed by atoms with van der Waals surface area (Å²) in [6.45, 7) is 2.48. The van der Waals surface area contributed by atoms with Gasteiger partial charge in [0.2, 0.25) is 5.91 Å². The number of pyridine rings is 1. The molecule has 196 valence electrons. The van der Waals surface area contributed by atoms with Crippen molar-refractivity contribution >= 4 is 39.4 Å². The first-order valence-corrected chi connectivity index (χ1v) is 12.6. The fourth-order valence-electron chi connectivity index (χ4n) is 5.43. The van der Waals surface area contributed by atoms with Crippen LogP contribution < -0.4 is 15.6 Å². The number of Topliss-reactive ketones (excluding diaryl/α,β-unsaturated/α-hetero) is 1. The number of aromatic nitrogens is 2. The number of rotatable bonds is 6. The zero-order valence-electron chi connectivity index (χ0n) is 21.7. The Morgan fingerprint density at radius 3 is 2.47 bits per heavy atom. The highest BCUT2D eigenvalue weighted by atomic mass is 16.5. The van der Waals surface area contributed by atoms with Crippen LogP contribution in [0.4, 0.5) is 0 Å². The van der Waals surface area contributed by atoms with Gasteiger partial charge >= 0.3 is 0 Å². The van der Waals surface area contributed by atoms with Gasteiger partial charge < -0.3 is 19.5 Å². The van der Waals surface area contributed by atoms with E-state index in [4.69, 9.17) is 4.74 Å². The number of aryl methyl sites for hydroxylation is 1. The summed E-state index contributed by atoms with van der Waals surface area (Å²) in [6, 6.07) is 16.0. The van der Waals surface area contributed by atoms with Crippen LogP contribution >= 0.6 is 0 Å². The van der Waals surface area contributed by atoms with Crippen molar-refractivity contribution in [1.29, 1.82) is 0 Å². The summed E-state index contributed by atoms with van der Waals surface area (Å²) in [6.07, 6.45) is 1.54. The summed E-state index contributed by atoms with van der Waals surface area (Å²) in [5, 5.41) is 4.01. The van der Waals surface area contributed by atoms with E-state index >= 15 is 0 Å². The van der Waals surface area contributed by atoms with Crippen molar-refractivity contribution in [2.45, 2.75) is 32.4 Å². The number of ketones is 1. The van der Waals surface area contributed by atoms with Gasteiger partial charge in [-0.15, -0.1) is 0 Å². The number of ether oxygens (including phenoxy) is 1. The minimum atomic E-state index is -0.407. The summed E-state index contributed by atoms with van der Waals surface area (Å²) in [5.41, 5.74) is 1.47. The molecule has 9 heteroatoms. The van der Waals surface area contributed by atoms with Crippen molar-refractivity contribution in [3.8, 4) is 5.75 Å². The Balaban J connectivity index is 1.63. The average Bonchev–Trinajstić information content (AvgIpc) is 3.24. The molecule has 1 unspecified atom stereocenters. The van der Waals surface area contributed by atoms with E-state index < -0.39 is 5.56 Å². The molecule has 0 spiro atoms. The van der Waals surface area contributed by atoms with Gasteiger partial charge in [0, 0.05) is 44.1 Å². The minimum absolute atomic E-state index is 0.0248. The Morgan fingerprint density at radius 2 is 1.76 bits per heavy atom. The molecule has 1 saturated heterocycles. The Bertz CT molecular complexity index is 1620. The van der Waals surface area contributed by atoms with Gasteiger partial charge in [0.15, 0.2) is 17.2 Å².